The Kier molecular flexibility index (Phi) is 4.11. The second-order valence-corrected chi connectivity index (χ2v) is 5.20. The molecule has 114 valence electrons. The Bertz CT molecular complexity index is 886. The number of nitriles is 1. The topological polar surface area (TPSA) is 55.0 Å². The number of fused-ring (bicyclic) bond motifs is 1. The van der Waals surface area contributed by atoms with Crippen molar-refractivity contribution in [1.29, 1.82) is 5.26 Å². The fraction of sp³-hybridized carbons (Fsp3) is 0.158. The van der Waals surface area contributed by atoms with Crippen LogP contribution in [0.2, 0.25) is 0 Å². The van der Waals surface area contributed by atoms with Gasteiger partial charge in [0.1, 0.15) is 5.69 Å². The third-order valence-electron chi connectivity index (χ3n) is 3.72. The Morgan fingerprint density at radius 1 is 1.17 bits per heavy atom. The number of aromatic nitrogens is 1. The van der Waals surface area contributed by atoms with Gasteiger partial charge >= 0.3 is 5.97 Å². The minimum absolute atomic E-state index is 0.322. The molecule has 0 atom stereocenters. The Labute approximate surface area is 134 Å². The number of para-hydroxylation sites is 1. The maximum Gasteiger partial charge on any atom is 0.354 e. The first kappa shape index (κ1) is 14.9. The fourth-order valence-corrected chi connectivity index (χ4v) is 2.62. The monoisotopic (exact) mass is 304 g/mol. The van der Waals surface area contributed by atoms with E-state index in [1.165, 1.54) is 0 Å². The Balaban J connectivity index is 2.04. The van der Waals surface area contributed by atoms with Crippen molar-refractivity contribution >= 4 is 16.9 Å². The summed E-state index contributed by atoms with van der Waals surface area (Å²) in [5, 5.41) is 9.89. The average Bonchev–Trinajstić information content (AvgIpc) is 2.95. The molecule has 4 nitrogen and oxygen atoms in total. The van der Waals surface area contributed by atoms with Gasteiger partial charge < -0.3 is 9.30 Å². The molecule has 2 aromatic carbocycles. The molecule has 4 heteroatoms. The molecule has 0 aliphatic heterocycles. The minimum Gasteiger partial charge on any atom is -0.461 e. The molecular formula is C19H16N2O2. The number of carbonyl (C=O) groups excluding carboxylic acids is 1. The molecule has 1 aromatic heterocycles. The second-order valence-electron chi connectivity index (χ2n) is 5.20. The normalized spacial score (nSPS) is 10.4. The van der Waals surface area contributed by atoms with Gasteiger partial charge in [0.15, 0.2) is 0 Å². The standard InChI is InChI=1S/C19H16N2O2/c1-2-23-19(22)18-11-16-5-3-4-6-17(16)21(18)13-15-9-7-14(12-20)8-10-15/h3-11H,2,13H2,1H3. The van der Waals surface area contributed by atoms with Crippen LogP contribution in [0, 0.1) is 11.3 Å². The largest absolute Gasteiger partial charge is 0.461 e. The molecule has 3 rings (SSSR count). The van der Waals surface area contributed by atoms with E-state index in [1.54, 1.807) is 19.1 Å². The summed E-state index contributed by atoms with van der Waals surface area (Å²) in [6.45, 7) is 2.69. The lowest BCUT2D eigenvalue weighted by molar-refractivity contribution is 0.0515. The van der Waals surface area contributed by atoms with Crippen molar-refractivity contribution in [2.75, 3.05) is 6.61 Å². The Morgan fingerprint density at radius 3 is 2.61 bits per heavy atom. The molecular weight excluding hydrogens is 288 g/mol. The highest BCUT2D eigenvalue weighted by Gasteiger charge is 2.16. The van der Waals surface area contributed by atoms with E-state index in [-0.39, 0.29) is 5.97 Å². The van der Waals surface area contributed by atoms with Gasteiger partial charge in [-0.3, -0.25) is 0 Å². The molecule has 3 aromatic rings. The number of ether oxygens (including phenoxy) is 1. The maximum atomic E-state index is 12.2. The van der Waals surface area contributed by atoms with Crippen LogP contribution in [0.25, 0.3) is 10.9 Å². The van der Waals surface area contributed by atoms with Crippen molar-refractivity contribution < 1.29 is 9.53 Å². The number of esters is 1. The van der Waals surface area contributed by atoms with Gasteiger partial charge in [-0.25, -0.2) is 4.79 Å². The van der Waals surface area contributed by atoms with E-state index < -0.39 is 0 Å². The number of benzene rings is 2. The van der Waals surface area contributed by atoms with Crippen molar-refractivity contribution in [2.45, 2.75) is 13.5 Å². The van der Waals surface area contributed by atoms with Crippen LogP contribution in [0.15, 0.2) is 54.6 Å². The highest BCUT2D eigenvalue weighted by Crippen LogP contribution is 2.22. The van der Waals surface area contributed by atoms with Crippen molar-refractivity contribution in [3.63, 3.8) is 0 Å². The van der Waals surface area contributed by atoms with E-state index in [2.05, 4.69) is 6.07 Å². The predicted molar refractivity (Wildman–Crippen MR) is 88.2 cm³/mol. The van der Waals surface area contributed by atoms with Crippen LogP contribution >= 0.6 is 0 Å². The molecule has 0 saturated heterocycles. The van der Waals surface area contributed by atoms with Crippen molar-refractivity contribution in [3.05, 3.63) is 71.4 Å². The van der Waals surface area contributed by atoms with Crippen LogP contribution in [-0.2, 0) is 11.3 Å². The lowest BCUT2D eigenvalue weighted by atomic mass is 10.1. The third-order valence-corrected chi connectivity index (χ3v) is 3.72. The molecule has 0 bridgehead atoms. The van der Waals surface area contributed by atoms with Gasteiger partial charge in [0.2, 0.25) is 0 Å². The zero-order valence-electron chi connectivity index (χ0n) is 12.8. The number of carbonyl (C=O) groups is 1. The smallest absolute Gasteiger partial charge is 0.354 e. The summed E-state index contributed by atoms with van der Waals surface area (Å²) in [5.74, 6) is -0.322. The van der Waals surface area contributed by atoms with Crippen molar-refractivity contribution in [1.82, 2.24) is 4.57 Å². The first-order valence-corrected chi connectivity index (χ1v) is 7.47. The van der Waals surface area contributed by atoms with Gasteiger partial charge in [0.05, 0.1) is 18.2 Å². The molecule has 0 aliphatic carbocycles. The minimum atomic E-state index is -0.322. The molecule has 0 unspecified atom stereocenters. The third kappa shape index (κ3) is 2.95. The SMILES string of the molecule is CCOC(=O)c1cc2ccccc2n1Cc1ccc(C#N)cc1. The Hall–Kier alpha value is -3.06. The molecule has 0 spiro atoms. The van der Waals surface area contributed by atoms with E-state index >= 15 is 0 Å². The zero-order chi connectivity index (χ0) is 16.2. The van der Waals surface area contributed by atoms with E-state index in [9.17, 15) is 4.79 Å². The van der Waals surface area contributed by atoms with Gasteiger partial charge in [-0.1, -0.05) is 30.3 Å². The van der Waals surface area contributed by atoms with Crippen LogP contribution < -0.4 is 0 Å². The van der Waals surface area contributed by atoms with E-state index in [0.717, 1.165) is 16.5 Å². The average molecular weight is 304 g/mol. The van der Waals surface area contributed by atoms with Crippen molar-refractivity contribution in [2.24, 2.45) is 0 Å². The second kappa shape index (κ2) is 6.37. The van der Waals surface area contributed by atoms with Gasteiger partial charge in [-0.15, -0.1) is 0 Å². The van der Waals surface area contributed by atoms with Crippen LogP contribution in [0.1, 0.15) is 28.5 Å². The molecule has 0 radical (unpaired) electrons. The van der Waals surface area contributed by atoms with Crippen LogP contribution in [0.3, 0.4) is 0 Å². The van der Waals surface area contributed by atoms with E-state index in [4.69, 9.17) is 10.00 Å². The molecule has 0 fully saturated rings. The first-order valence-electron chi connectivity index (χ1n) is 7.47. The summed E-state index contributed by atoms with van der Waals surface area (Å²) in [7, 11) is 0. The molecule has 23 heavy (non-hydrogen) atoms. The summed E-state index contributed by atoms with van der Waals surface area (Å²) in [5.41, 5.74) is 3.17. The number of rotatable bonds is 4. The Morgan fingerprint density at radius 2 is 1.91 bits per heavy atom. The number of nitrogens with zero attached hydrogens (tertiary/aromatic N) is 2. The van der Waals surface area contributed by atoms with E-state index in [0.29, 0.717) is 24.4 Å². The molecule has 0 amide bonds. The van der Waals surface area contributed by atoms with Gasteiger partial charge in [0, 0.05) is 17.4 Å². The quantitative estimate of drug-likeness (QED) is 0.690. The highest BCUT2D eigenvalue weighted by molar-refractivity contribution is 5.95. The zero-order valence-corrected chi connectivity index (χ0v) is 12.8. The fourth-order valence-electron chi connectivity index (χ4n) is 2.62. The predicted octanol–water partition coefficient (Wildman–Crippen LogP) is 3.74. The summed E-state index contributed by atoms with van der Waals surface area (Å²) < 4.78 is 7.12. The summed E-state index contributed by atoms with van der Waals surface area (Å²) in [6, 6.07) is 19.2. The van der Waals surface area contributed by atoms with Crippen LogP contribution in [0.5, 0.6) is 0 Å². The van der Waals surface area contributed by atoms with Gasteiger partial charge in [-0.05, 0) is 36.8 Å². The lowest BCUT2D eigenvalue weighted by Crippen LogP contribution is -2.12. The summed E-state index contributed by atoms with van der Waals surface area (Å²) in [4.78, 5) is 12.2. The summed E-state index contributed by atoms with van der Waals surface area (Å²) >= 11 is 0. The summed E-state index contributed by atoms with van der Waals surface area (Å²) in [6.07, 6.45) is 0. The first-order chi connectivity index (χ1) is 11.2. The number of hydrogen-bond acceptors (Lipinski definition) is 3. The van der Waals surface area contributed by atoms with E-state index in [1.807, 2.05) is 47.0 Å². The molecule has 0 N–H and O–H groups in total. The maximum absolute atomic E-state index is 12.2. The molecule has 0 saturated carbocycles. The van der Waals surface area contributed by atoms with Gasteiger partial charge in [0.25, 0.3) is 0 Å². The van der Waals surface area contributed by atoms with Crippen molar-refractivity contribution in [3.8, 4) is 6.07 Å². The number of hydrogen-bond donors (Lipinski definition) is 0. The molecule has 0 aliphatic rings. The molecule has 1 heterocycles. The lowest BCUT2D eigenvalue weighted by Gasteiger charge is -2.10. The highest BCUT2D eigenvalue weighted by atomic mass is 16.5. The van der Waals surface area contributed by atoms with Gasteiger partial charge in [-0.2, -0.15) is 5.26 Å². The van der Waals surface area contributed by atoms with Crippen LogP contribution in [0.4, 0.5) is 0 Å². The van der Waals surface area contributed by atoms with Crippen LogP contribution in [-0.4, -0.2) is 17.1 Å².